The van der Waals surface area contributed by atoms with E-state index >= 15 is 0 Å². The van der Waals surface area contributed by atoms with Crippen molar-refractivity contribution in [3.8, 4) is 0 Å². The summed E-state index contributed by atoms with van der Waals surface area (Å²) in [5.74, 6) is -0.144. The topological polar surface area (TPSA) is 80.2 Å². The molecule has 0 spiro atoms. The van der Waals surface area contributed by atoms with Crippen LogP contribution in [0.2, 0.25) is 0 Å². The standard InChI is InChI=1S/C9H9BrClN3O3S/c1-5-7(10)3-12-9(13-5)14-4-6(2-8(14)15)18(11,16)17/h3,6H,2,4H2,1H3. The number of nitrogens with zero attached hydrogens (tertiary/aromatic N) is 3. The van der Waals surface area contributed by atoms with Gasteiger partial charge < -0.3 is 0 Å². The molecule has 6 nitrogen and oxygen atoms in total. The second-order valence-corrected chi connectivity index (χ2v) is 7.67. The molecule has 0 N–H and O–H groups in total. The van der Waals surface area contributed by atoms with Gasteiger partial charge in [-0.1, -0.05) is 0 Å². The van der Waals surface area contributed by atoms with Gasteiger partial charge in [-0.3, -0.25) is 9.69 Å². The average Bonchev–Trinajstić information content (AvgIpc) is 2.64. The van der Waals surface area contributed by atoms with Crippen molar-refractivity contribution >= 4 is 47.5 Å². The Morgan fingerprint density at radius 1 is 1.56 bits per heavy atom. The fourth-order valence-electron chi connectivity index (χ4n) is 1.63. The first-order chi connectivity index (χ1) is 8.29. The number of aromatic nitrogens is 2. The first kappa shape index (κ1) is 13.7. The zero-order valence-corrected chi connectivity index (χ0v) is 12.5. The molecule has 1 aliphatic rings. The third-order valence-electron chi connectivity index (χ3n) is 2.64. The van der Waals surface area contributed by atoms with E-state index in [9.17, 15) is 13.2 Å². The molecule has 9 heteroatoms. The highest BCUT2D eigenvalue weighted by molar-refractivity contribution is 9.10. The molecule has 0 aromatic carbocycles. The molecule has 1 aromatic heterocycles. The zero-order valence-electron chi connectivity index (χ0n) is 9.30. The predicted molar refractivity (Wildman–Crippen MR) is 70.0 cm³/mol. The number of carbonyl (C=O) groups is 1. The van der Waals surface area contributed by atoms with Crippen LogP contribution in [0.15, 0.2) is 10.7 Å². The predicted octanol–water partition coefficient (Wildman–Crippen LogP) is 1.22. The highest BCUT2D eigenvalue weighted by Crippen LogP contribution is 2.25. The highest BCUT2D eigenvalue weighted by Gasteiger charge is 2.39. The van der Waals surface area contributed by atoms with Gasteiger partial charge in [0.05, 0.1) is 10.2 Å². The van der Waals surface area contributed by atoms with Crippen LogP contribution in [0.3, 0.4) is 0 Å². The van der Waals surface area contributed by atoms with E-state index in [1.54, 1.807) is 6.92 Å². The van der Waals surface area contributed by atoms with Crippen LogP contribution in [0.1, 0.15) is 12.1 Å². The van der Waals surface area contributed by atoms with E-state index in [1.165, 1.54) is 11.1 Å². The quantitative estimate of drug-likeness (QED) is 0.746. The van der Waals surface area contributed by atoms with Crippen molar-refractivity contribution in [2.24, 2.45) is 0 Å². The molecule has 1 atom stereocenters. The molecule has 2 heterocycles. The van der Waals surface area contributed by atoms with Crippen LogP contribution in [0.4, 0.5) is 5.95 Å². The Balaban J connectivity index is 2.30. The number of hydrogen-bond acceptors (Lipinski definition) is 5. The van der Waals surface area contributed by atoms with Crippen LogP contribution in [0.25, 0.3) is 0 Å². The molecular weight excluding hydrogens is 346 g/mol. The summed E-state index contributed by atoms with van der Waals surface area (Å²) in [6.45, 7) is 1.75. The minimum absolute atomic E-state index is 0.00820. The summed E-state index contributed by atoms with van der Waals surface area (Å²) in [6.07, 6.45) is 1.39. The Labute approximate surface area is 117 Å². The average molecular weight is 355 g/mol. The Hall–Kier alpha value is -0.730. The van der Waals surface area contributed by atoms with Gasteiger partial charge in [-0.15, -0.1) is 0 Å². The van der Waals surface area contributed by atoms with E-state index in [0.29, 0.717) is 5.69 Å². The Kier molecular flexibility index (Phi) is 3.61. The van der Waals surface area contributed by atoms with Crippen LogP contribution < -0.4 is 4.90 Å². The number of hydrogen-bond donors (Lipinski definition) is 0. The number of anilines is 1. The number of carbonyl (C=O) groups excluding carboxylic acids is 1. The van der Waals surface area contributed by atoms with Gasteiger partial charge in [0.1, 0.15) is 5.25 Å². The van der Waals surface area contributed by atoms with Gasteiger partial charge in [0.15, 0.2) is 0 Å². The maximum atomic E-state index is 11.7. The molecule has 1 unspecified atom stereocenters. The largest absolute Gasteiger partial charge is 0.279 e. The molecule has 0 aliphatic carbocycles. The number of aryl methyl sites for hydroxylation is 1. The lowest BCUT2D eigenvalue weighted by Gasteiger charge is -2.14. The van der Waals surface area contributed by atoms with Gasteiger partial charge in [-0.2, -0.15) is 0 Å². The molecule has 1 saturated heterocycles. The van der Waals surface area contributed by atoms with E-state index in [2.05, 4.69) is 25.9 Å². The molecular formula is C9H9BrClN3O3S. The van der Waals surface area contributed by atoms with Gasteiger partial charge in [-0.05, 0) is 22.9 Å². The Bertz CT molecular complexity index is 607. The van der Waals surface area contributed by atoms with Gasteiger partial charge in [0, 0.05) is 29.8 Å². The molecule has 18 heavy (non-hydrogen) atoms. The summed E-state index contributed by atoms with van der Waals surface area (Å²) >= 11 is 3.25. The summed E-state index contributed by atoms with van der Waals surface area (Å²) in [6, 6.07) is 0. The Morgan fingerprint density at radius 3 is 2.72 bits per heavy atom. The van der Waals surface area contributed by atoms with Crippen molar-refractivity contribution in [2.45, 2.75) is 18.6 Å². The van der Waals surface area contributed by atoms with E-state index < -0.39 is 14.3 Å². The fraction of sp³-hybridized carbons (Fsp3) is 0.444. The van der Waals surface area contributed by atoms with E-state index in [4.69, 9.17) is 10.7 Å². The monoisotopic (exact) mass is 353 g/mol. The molecule has 0 radical (unpaired) electrons. The van der Waals surface area contributed by atoms with Crippen molar-refractivity contribution in [3.05, 3.63) is 16.4 Å². The SMILES string of the molecule is Cc1nc(N2CC(S(=O)(=O)Cl)CC2=O)ncc1Br. The molecule has 98 valence electrons. The van der Waals surface area contributed by atoms with Gasteiger partial charge in [-0.25, -0.2) is 18.4 Å². The summed E-state index contributed by atoms with van der Waals surface area (Å²) < 4.78 is 23.2. The highest BCUT2D eigenvalue weighted by atomic mass is 79.9. The smallest absolute Gasteiger partial charge is 0.237 e. The maximum absolute atomic E-state index is 11.7. The van der Waals surface area contributed by atoms with E-state index in [0.717, 1.165) is 4.47 Å². The van der Waals surface area contributed by atoms with Crippen molar-refractivity contribution in [2.75, 3.05) is 11.4 Å². The van der Waals surface area contributed by atoms with Gasteiger partial charge in [0.25, 0.3) is 0 Å². The minimum Gasteiger partial charge on any atom is -0.279 e. The normalized spacial score (nSPS) is 20.5. The van der Waals surface area contributed by atoms with Crippen LogP contribution >= 0.6 is 26.6 Å². The van der Waals surface area contributed by atoms with Crippen molar-refractivity contribution < 1.29 is 13.2 Å². The number of rotatable bonds is 2. The molecule has 1 amide bonds. The van der Waals surface area contributed by atoms with Crippen LogP contribution in [0.5, 0.6) is 0 Å². The van der Waals surface area contributed by atoms with Crippen LogP contribution in [-0.4, -0.2) is 36.1 Å². The lowest BCUT2D eigenvalue weighted by Crippen LogP contribution is -2.28. The second-order valence-electron chi connectivity index (χ2n) is 3.91. The van der Waals surface area contributed by atoms with Crippen molar-refractivity contribution in [1.82, 2.24) is 9.97 Å². The molecule has 1 aliphatic heterocycles. The lowest BCUT2D eigenvalue weighted by molar-refractivity contribution is -0.117. The molecule has 1 fully saturated rings. The van der Waals surface area contributed by atoms with E-state index in [-0.39, 0.29) is 24.8 Å². The molecule has 2 rings (SSSR count). The number of amides is 1. The van der Waals surface area contributed by atoms with Crippen molar-refractivity contribution in [1.29, 1.82) is 0 Å². The molecule has 0 saturated carbocycles. The van der Waals surface area contributed by atoms with Gasteiger partial charge >= 0.3 is 0 Å². The van der Waals surface area contributed by atoms with Crippen LogP contribution in [0, 0.1) is 6.92 Å². The Morgan fingerprint density at radius 2 is 2.22 bits per heavy atom. The van der Waals surface area contributed by atoms with Gasteiger partial charge in [0.2, 0.25) is 20.9 Å². The fourth-order valence-corrected chi connectivity index (χ4v) is 2.84. The third kappa shape index (κ3) is 2.65. The first-order valence-electron chi connectivity index (χ1n) is 5.02. The second kappa shape index (κ2) is 4.75. The molecule has 0 bridgehead atoms. The summed E-state index contributed by atoms with van der Waals surface area (Å²) in [7, 11) is 1.51. The number of halogens is 2. The van der Waals surface area contributed by atoms with Crippen LogP contribution in [-0.2, 0) is 13.8 Å². The first-order valence-corrected chi connectivity index (χ1v) is 8.18. The lowest BCUT2D eigenvalue weighted by atomic mass is 10.4. The maximum Gasteiger partial charge on any atom is 0.237 e. The summed E-state index contributed by atoms with van der Waals surface area (Å²) in [4.78, 5) is 21.1. The molecule has 1 aromatic rings. The summed E-state index contributed by atoms with van der Waals surface area (Å²) in [5.41, 5.74) is 0.671. The van der Waals surface area contributed by atoms with E-state index in [1.807, 2.05) is 0 Å². The zero-order chi connectivity index (χ0) is 13.5. The minimum atomic E-state index is -3.75. The third-order valence-corrected chi connectivity index (χ3v) is 5.28. The summed E-state index contributed by atoms with van der Waals surface area (Å²) in [5, 5.41) is -0.904. The van der Waals surface area contributed by atoms with Crippen molar-refractivity contribution in [3.63, 3.8) is 0 Å².